The lowest BCUT2D eigenvalue weighted by Gasteiger charge is -2.28. The topological polar surface area (TPSA) is 52.6 Å². The van der Waals surface area contributed by atoms with E-state index in [2.05, 4.69) is 55.8 Å². The molecule has 1 aliphatic heterocycles. The van der Waals surface area contributed by atoms with Crippen LogP contribution in [0.25, 0.3) is 0 Å². The van der Waals surface area contributed by atoms with Gasteiger partial charge in [0.05, 0.1) is 17.6 Å². The fraction of sp³-hybridized carbons (Fsp3) is 0.474. The van der Waals surface area contributed by atoms with Crippen LogP contribution in [-0.4, -0.2) is 42.5 Å². The Labute approximate surface area is 154 Å². The quantitative estimate of drug-likeness (QED) is 0.616. The van der Waals surface area contributed by atoms with E-state index in [-0.39, 0.29) is 0 Å². The molecule has 2 heterocycles. The Hall–Kier alpha value is -1.92. The Balaban J connectivity index is 1.59. The number of nitrogens with zero attached hydrogens (tertiary/aromatic N) is 3. The molecule has 1 atom stereocenters. The minimum absolute atomic E-state index is 0.382. The first-order valence-electron chi connectivity index (χ1n) is 8.91. The SMILES string of the molecule is CN=C(NCc1cnc(C)s1)NCC(c1ccccc1)N1CCCC1. The molecule has 5 nitrogen and oxygen atoms in total. The molecule has 6 heteroatoms. The molecular weight excluding hydrogens is 330 g/mol. The Kier molecular flexibility index (Phi) is 6.42. The first-order valence-corrected chi connectivity index (χ1v) is 9.72. The maximum Gasteiger partial charge on any atom is 0.191 e. The third kappa shape index (κ3) is 5.03. The molecule has 25 heavy (non-hydrogen) atoms. The van der Waals surface area contributed by atoms with Crippen molar-refractivity contribution in [3.8, 4) is 0 Å². The van der Waals surface area contributed by atoms with Gasteiger partial charge in [-0.2, -0.15) is 0 Å². The summed E-state index contributed by atoms with van der Waals surface area (Å²) in [6.45, 7) is 5.98. The average Bonchev–Trinajstić information content (AvgIpc) is 3.31. The average molecular weight is 358 g/mol. The van der Waals surface area contributed by atoms with Gasteiger partial charge in [0, 0.05) is 24.7 Å². The van der Waals surface area contributed by atoms with E-state index in [0.717, 1.165) is 24.1 Å². The van der Waals surface area contributed by atoms with Gasteiger partial charge in [0.25, 0.3) is 0 Å². The van der Waals surface area contributed by atoms with Gasteiger partial charge in [-0.25, -0.2) is 4.98 Å². The number of thiazole rings is 1. The number of nitrogens with one attached hydrogen (secondary N) is 2. The van der Waals surface area contributed by atoms with Gasteiger partial charge < -0.3 is 10.6 Å². The van der Waals surface area contributed by atoms with E-state index in [9.17, 15) is 0 Å². The van der Waals surface area contributed by atoms with Gasteiger partial charge in [0.1, 0.15) is 0 Å². The summed E-state index contributed by atoms with van der Waals surface area (Å²) in [5.74, 6) is 0.839. The van der Waals surface area contributed by atoms with Crippen molar-refractivity contribution in [1.29, 1.82) is 0 Å². The molecule has 1 aliphatic rings. The number of aliphatic imine (C=N–C) groups is 1. The van der Waals surface area contributed by atoms with Crippen LogP contribution in [0.3, 0.4) is 0 Å². The summed E-state index contributed by atoms with van der Waals surface area (Å²) in [6.07, 6.45) is 4.51. The minimum Gasteiger partial charge on any atom is -0.354 e. The number of likely N-dealkylation sites (tertiary alicyclic amines) is 1. The highest BCUT2D eigenvalue weighted by Gasteiger charge is 2.23. The summed E-state index contributed by atoms with van der Waals surface area (Å²) in [6, 6.07) is 11.2. The molecule has 0 amide bonds. The largest absolute Gasteiger partial charge is 0.354 e. The van der Waals surface area contributed by atoms with Crippen molar-refractivity contribution in [2.75, 3.05) is 26.7 Å². The molecular formula is C19H27N5S. The highest BCUT2D eigenvalue weighted by Crippen LogP contribution is 2.24. The predicted molar refractivity (Wildman–Crippen MR) is 105 cm³/mol. The second-order valence-electron chi connectivity index (χ2n) is 6.32. The number of guanidine groups is 1. The monoisotopic (exact) mass is 357 g/mol. The molecule has 0 bridgehead atoms. The Bertz CT molecular complexity index is 676. The van der Waals surface area contributed by atoms with Crippen molar-refractivity contribution in [2.45, 2.75) is 32.4 Å². The zero-order valence-electron chi connectivity index (χ0n) is 15.0. The Morgan fingerprint density at radius 3 is 2.64 bits per heavy atom. The van der Waals surface area contributed by atoms with Crippen LogP contribution < -0.4 is 10.6 Å². The molecule has 0 radical (unpaired) electrons. The van der Waals surface area contributed by atoms with Crippen molar-refractivity contribution in [2.24, 2.45) is 4.99 Å². The first-order chi connectivity index (χ1) is 12.3. The van der Waals surface area contributed by atoms with Crippen LogP contribution in [0.4, 0.5) is 0 Å². The van der Waals surface area contributed by atoms with E-state index in [1.807, 2.05) is 20.2 Å². The lowest BCUT2D eigenvalue weighted by Crippen LogP contribution is -2.42. The van der Waals surface area contributed by atoms with Gasteiger partial charge in [-0.1, -0.05) is 30.3 Å². The van der Waals surface area contributed by atoms with Crippen LogP contribution in [0.2, 0.25) is 0 Å². The summed E-state index contributed by atoms with van der Waals surface area (Å²) in [5, 5.41) is 7.99. The molecule has 0 aliphatic carbocycles. The van der Waals surface area contributed by atoms with Gasteiger partial charge in [-0.05, 0) is 38.4 Å². The maximum atomic E-state index is 4.36. The number of benzene rings is 1. The van der Waals surface area contributed by atoms with E-state index < -0.39 is 0 Å². The van der Waals surface area contributed by atoms with E-state index >= 15 is 0 Å². The molecule has 1 unspecified atom stereocenters. The molecule has 2 N–H and O–H groups in total. The fourth-order valence-corrected chi connectivity index (χ4v) is 3.99. The summed E-state index contributed by atoms with van der Waals surface area (Å²) in [4.78, 5) is 12.5. The second-order valence-corrected chi connectivity index (χ2v) is 7.64. The van der Waals surface area contributed by atoms with E-state index in [4.69, 9.17) is 0 Å². The second kappa shape index (κ2) is 8.97. The zero-order chi connectivity index (χ0) is 17.5. The Morgan fingerprint density at radius 1 is 1.24 bits per heavy atom. The molecule has 134 valence electrons. The van der Waals surface area contributed by atoms with Crippen LogP contribution in [-0.2, 0) is 6.54 Å². The normalized spacial score (nSPS) is 16.8. The predicted octanol–water partition coefficient (Wildman–Crippen LogP) is 2.95. The van der Waals surface area contributed by atoms with E-state index in [1.54, 1.807) is 11.3 Å². The summed E-state index contributed by atoms with van der Waals surface area (Å²) in [7, 11) is 1.82. The van der Waals surface area contributed by atoms with Gasteiger partial charge in [0.15, 0.2) is 5.96 Å². The van der Waals surface area contributed by atoms with Crippen molar-refractivity contribution < 1.29 is 0 Å². The summed E-state index contributed by atoms with van der Waals surface area (Å²) >= 11 is 1.72. The highest BCUT2D eigenvalue weighted by atomic mass is 32.1. The molecule has 1 aromatic carbocycles. The number of hydrogen-bond acceptors (Lipinski definition) is 4. The van der Waals surface area contributed by atoms with Crippen molar-refractivity contribution >= 4 is 17.3 Å². The van der Waals surface area contributed by atoms with Crippen LogP contribution >= 0.6 is 11.3 Å². The minimum atomic E-state index is 0.382. The van der Waals surface area contributed by atoms with Crippen molar-refractivity contribution in [3.05, 3.63) is 52.0 Å². The molecule has 1 fully saturated rings. The van der Waals surface area contributed by atoms with Crippen LogP contribution in [0, 0.1) is 6.92 Å². The maximum absolute atomic E-state index is 4.36. The molecule has 3 rings (SSSR count). The third-order valence-corrected chi connectivity index (χ3v) is 5.46. The van der Waals surface area contributed by atoms with Gasteiger partial charge in [-0.15, -0.1) is 11.3 Å². The Morgan fingerprint density at radius 2 is 2.00 bits per heavy atom. The number of aryl methyl sites for hydroxylation is 1. The van der Waals surface area contributed by atoms with E-state index in [0.29, 0.717) is 6.04 Å². The van der Waals surface area contributed by atoms with Crippen molar-refractivity contribution in [1.82, 2.24) is 20.5 Å². The smallest absolute Gasteiger partial charge is 0.191 e. The highest BCUT2D eigenvalue weighted by molar-refractivity contribution is 7.11. The zero-order valence-corrected chi connectivity index (χ0v) is 15.9. The summed E-state index contributed by atoms with van der Waals surface area (Å²) < 4.78 is 0. The lowest BCUT2D eigenvalue weighted by atomic mass is 10.1. The summed E-state index contributed by atoms with van der Waals surface area (Å²) in [5.41, 5.74) is 1.37. The van der Waals surface area contributed by atoms with Gasteiger partial charge >= 0.3 is 0 Å². The molecule has 2 aromatic rings. The fourth-order valence-electron chi connectivity index (χ4n) is 3.26. The molecule has 0 spiro atoms. The lowest BCUT2D eigenvalue weighted by molar-refractivity contribution is 0.245. The van der Waals surface area contributed by atoms with Crippen LogP contribution in [0.5, 0.6) is 0 Å². The molecule has 0 saturated carbocycles. The number of hydrogen-bond donors (Lipinski definition) is 2. The van der Waals surface area contributed by atoms with Gasteiger partial charge in [-0.3, -0.25) is 9.89 Å². The van der Waals surface area contributed by atoms with E-state index in [1.165, 1.54) is 36.4 Å². The molecule has 1 aromatic heterocycles. The standard InChI is InChI=1S/C19H27N5S/c1-15-21-12-17(25-15)13-22-19(20-2)23-14-18(24-10-6-7-11-24)16-8-4-3-5-9-16/h3-5,8-9,12,18H,6-7,10-11,13-14H2,1-2H3,(H2,20,22,23). The molecule has 1 saturated heterocycles. The third-order valence-electron chi connectivity index (χ3n) is 4.55. The van der Waals surface area contributed by atoms with Crippen molar-refractivity contribution in [3.63, 3.8) is 0 Å². The number of rotatable bonds is 6. The van der Waals surface area contributed by atoms with Crippen LogP contribution in [0.15, 0.2) is 41.5 Å². The van der Waals surface area contributed by atoms with Gasteiger partial charge in [0.2, 0.25) is 0 Å². The number of aromatic nitrogens is 1. The first kappa shape index (κ1) is 17.9. The van der Waals surface area contributed by atoms with Crippen LogP contribution in [0.1, 0.15) is 34.3 Å².